The number of benzene rings is 2. The number of aromatic nitrogens is 1. The Kier molecular flexibility index (Phi) is 11.6. The first-order chi connectivity index (χ1) is 14.7. The molecule has 0 spiro atoms. The van der Waals surface area contributed by atoms with Crippen LogP contribution < -0.4 is 0 Å². The molecular formula is C26H29NO2S. The van der Waals surface area contributed by atoms with Crippen LogP contribution in [0.25, 0.3) is 16.8 Å². The molecule has 0 atom stereocenters. The van der Waals surface area contributed by atoms with Gasteiger partial charge in [0, 0.05) is 21.6 Å². The normalized spacial score (nSPS) is 9.73. The minimum atomic E-state index is 0.455. The number of hydrogen-bond acceptors (Lipinski definition) is 4. The zero-order chi connectivity index (χ0) is 22.4. The van der Waals surface area contributed by atoms with Gasteiger partial charge in [0.2, 0.25) is 5.89 Å². The molecule has 156 valence electrons. The van der Waals surface area contributed by atoms with Crippen molar-refractivity contribution in [1.29, 1.82) is 0 Å². The van der Waals surface area contributed by atoms with Crippen LogP contribution in [0.2, 0.25) is 0 Å². The second-order valence-electron chi connectivity index (χ2n) is 5.43. The molecule has 0 unspecified atom stereocenters. The van der Waals surface area contributed by atoms with Gasteiger partial charge in [0.15, 0.2) is 5.09 Å². The number of oxazole rings is 1. The highest BCUT2D eigenvalue weighted by atomic mass is 32.2. The Morgan fingerprint density at radius 2 is 1.63 bits per heavy atom. The van der Waals surface area contributed by atoms with Gasteiger partial charge in [0.25, 0.3) is 0 Å². The van der Waals surface area contributed by atoms with Crippen LogP contribution in [0.15, 0.2) is 100 Å². The van der Waals surface area contributed by atoms with E-state index in [4.69, 9.17) is 4.42 Å². The molecule has 0 aliphatic rings. The lowest BCUT2D eigenvalue weighted by Crippen LogP contribution is -1.84. The smallest absolute Gasteiger partial charge is 0.227 e. The average molecular weight is 420 g/mol. The molecule has 0 aliphatic heterocycles. The summed E-state index contributed by atoms with van der Waals surface area (Å²) >= 11 is 1.50. The lowest BCUT2D eigenvalue weighted by atomic mass is 10.1. The first-order valence-electron chi connectivity index (χ1n) is 9.99. The van der Waals surface area contributed by atoms with Gasteiger partial charge in [-0.05, 0) is 23.9 Å². The van der Waals surface area contributed by atoms with Gasteiger partial charge in [-0.3, -0.25) is 4.79 Å². The number of carbonyl (C=O) groups is 1. The van der Waals surface area contributed by atoms with Crippen molar-refractivity contribution in [3.63, 3.8) is 0 Å². The Hall–Kier alpha value is -3.11. The number of aldehydes is 1. The summed E-state index contributed by atoms with van der Waals surface area (Å²) < 4.78 is 5.99. The minimum Gasteiger partial charge on any atom is -0.429 e. The maximum Gasteiger partial charge on any atom is 0.227 e. The summed E-state index contributed by atoms with van der Waals surface area (Å²) in [7, 11) is 0. The van der Waals surface area contributed by atoms with Crippen LogP contribution in [0.1, 0.15) is 43.9 Å². The van der Waals surface area contributed by atoms with Gasteiger partial charge >= 0.3 is 0 Å². The zero-order valence-electron chi connectivity index (χ0n) is 18.1. The summed E-state index contributed by atoms with van der Waals surface area (Å²) in [5.41, 5.74) is 2.88. The molecule has 3 nitrogen and oxygen atoms in total. The topological polar surface area (TPSA) is 43.1 Å². The molecule has 1 heterocycles. The highest BCUT2D eigenvalue weighted by molar-refractivity contribution is 7.99. The summed E-state index contributed by atoms with van der Waals surface area (Å²) in [6.45, 7) is 15.7. The third kappa shape index (κ3) is 7.05. The van der Waals surface area contributed by atoms with Gasteiger partial charge in [0.1, 0.15) is 12.0 Å². The summed E-state index contributed by atoms with van der Waals surface area (Å²) in [6, 6.07) is 17.2. The fourth-order valence-corrected chi connectivity index (χ4v) is 3.15. The summed E-state index contributed by atoms with van der Waals surface area (Å²) in [6.07, 6.45) is 6.08. The van der Waals surface area contributed by atoms with Crippen LogP contribution in [-0.2, 0) is 0 Å². The standard InChI is InChI=1S/C22H17NO2S.2C2H6/c1-3-4-8-16(2)21-23-20(18-13-11-17(15-24)12-14-18)22(25-21)26-19-9-6-5-7-10-19;2*1-2/h3-15H,1-2H2;2*1-2H3/b8-4-;;. The summed E-state index contributed by atoms with van der Waals surface area (Å²) in [5.74, 6) is 0.455. The highest BCUT2D eigenvalue weighted by Gasteiger charge is 2.17. The number of allylic oxidation sites excluding steroid dienone is 4. The second kappa shape index (κ2) is 14.0. The first kappa shape index (κ1) is 24.9. The molecule has 30 heavy (non-hydrogen) atoms. The van der Waals surface area contributed by atoms with E-state index in [1.807, 2.05) is 70.2 Å². The molecular weight excluding hydrogens is 390 g/mol. The van der Waals surface area contributed by atoms with E-state index >= 15 is 0 Å². The van der Waals surface area contributed by atoms with Gasteiger partial charge in [-0.2, -0.15) is 0 Å². The van der Waals surface area contributed by atoms with Crippen molar-refractivity contribution < 1.29 is 9.21 Å². The van der Waals surface area contributed by atoms with Crippen LogP contribution in [-0.4, -0.2) is 11.3 Å². The fourth-order valence-electron chi connectivity index (χ4n) is 2.27. The second-order valence-corrected chi connectivity index (χ2v) is 6.48. The molecule has 0 radical (unpaired) electrons. The zero-order valence-corrected chi connectivity index (χ0v) is 18.9. The molecule has 0 bridgehead atoms. The molecule has 0 N–H and O–H groups in total. The van der Waals surface area contributed by atoms with Gasteiger partial charge < -0.3 is 4.42 Å². The lowest BCUT2D eigenvalue weighted by Gasteiger charge is -2.01. The predicted molar refractivity (Wildman–Crippen MR) is 129 cm³/mol. The van der Waals surface area contributed by atoms with E-state index in [0.29, 0.717) is 22.1 Å². The fraction of sp³-hybridized carbons (Fsp3) is 0.154. The maximum atomic E-state index is 10.9. The molecule has 3 rings (SSSR count). The Bertz CT molecular complexity index is 954. The number of rotatable bonds is 7. The molecule has 0 saturated carbocycles. The van der Waals surface area contributed by atoms with Crippen molar-refractivity contribution in [2.45, 2.75) is 37.7 Å². The molecule has 0 amide bonds. The van der Waals surface area contributed by atoms with E-state index in [2.05, 4.69) is 18.1 Å². The highest BCUT2D eigenvalue weighted by Crippen LogP contribution is 2.37. The lowest BCUT2D eigenvalue weighted by molar-refractivity contribution is 0.112. The number of hydrogen-bond donors (Lipinski definition) is 0. The Balaban J connectivity index is 0.00000106. The third-order valence-electron chi connectivity index (χ3n) is 3.58. The van der Waals surface area contributed by atoms with Gasteiger partial charge in [-0.15, -0.1) is 0 Å². The largest absolute Gasteiger partial charge is 0.429 e. The minimum absolute atomic E-state index is 0.455. The Labute approximate surface area is 184 Å². The summed E-state index contributed by atoms with van der Waals surface area (Å²) in [4.78, 5) is 16.6. The molecule has 0 fully saturated rings. The predicted octanol–water partition coefficient (Wildman–Crippen LogP) is 8.11. The molecule has 1 aromatic heterocycles. The Morgan fingerprint density at radius 1 is 1.00 bits per heavy atom. The van der Waals surface area contributed by atoms with Crippen molar-refractivity contribution in [3.05, 3.63) is 97.4 Å². The van der Waals surface area contributed by atoms with E-state index in [-0.39, 0.29) is 0 Å². The molecule has 2 aromatic carbocycles. The van der Waals surface area contributed by atoms with Gasteiger partial charge in [-0.25, -0.2) is 4.98 Å². The van der Waals surface area contributed by atoms with E-state index in [1.54, 1.807) is 30.4 Å². The third-order valence-corrected chi connectivity index (χ3v) is 4.55. The number of carbonyl (C=O) groups excluding carboxylic acids is 1. The molecule has 4 heteroatoms. The molecule has 3 aromatic rings. The number of nitrogens with zero attached hydrogens (tertiary/aromatic N) is 1. The Morgan fingerprint density at radius 3 is 2.20 bits per heavy atom. The van der Waals surface area contributed by atoms with Crippen molar-refractivity contribution in [2.24, 2.45) is 0 Å². The van der Waals surface area contributed by atoms with Crippen LogP contribution in [0.3, 0.4) is 0 Å². The quantitative estimate of drug-likeness (QED) is 0.286. The van der Waals surface area contributed by atoms with Crippen LogP contribution in [0.4, 0.5) is 0 Å². The first-order valence-corrected chi connectivity index (χ1v) is 10.8. The van der Waals surface area contributed by atoms with Crippen molar-refractivity contribution in [2.75, 3.05) is 0 Å². The van der Waals surface area contributed by atoms with Gasteiger partial charge in [0.05, 0.1) is 0 Å². The van der Waals surface area contributed by atoms with E-state index in [9.17, 15) is 4.79 Å². The van der Waals surface area contributed by atoms with Crippen molar-refractivity contribution in [1.82, 2.24) is 4.98 Å². The van der Waals surface area contributed by atoms with Crippen LogP contribution in [0, 0.1) is 0 Å². The molecule has 0 aliphatic carbocycles. The average Bonchev–Trinajstić information content (AvgIpc) is 3.24. The monoisotopic (exact) mass is 419 g/mol. The van der Waals surface area contributed by atoms with E-state index < -0.39 is 0 Å². The molecule has 0 saturated heterocycles. The van der Waals surface area contributed by atoms with Crippen LogP contribution in [0.5, 0.6) is 0 Å². The maximum absolute atomic E-state index is 10.9. The van der Waals surface area contributed by atoms with Crippen molar-refractivity contribution >= 4 is 23.6 Å². The van der Waals surface area contributed by atoms with Crippen molar-refractivity contribution in [3.8, 4) is 11.3 Å². The SMILES string of the molecule is C=C/C=C\C(=C)c1nc(-c2ccc(C=O)cc2)c(Sc2ccccc2)o1.CC.CC. The van der Waals surface area contributed by atoms with E-state index in [1.165, 1.54) is 11.8 Å². The summed E-state index contributed by atoms with van der Waals surface area (Å²) in [5, 5.41) is 0.679. The van der Waals surface area contributed by atoms with Crippen LogP contribution >= 0.6 is 11.8 Å². The van der Waals surface area contributed by atoms with E-state index in [0.717, 1.165) is 22.4 Å². The van der Waals surface area contributed by atoms with Gasteiger partial charge in [-0.1, -0.05) is 102 Å².